The molecule has 0 atom stereocenters. The van der Waals surface area contributed by atoms with E-state index < -0.39 is 30.2 Å². The van der Waals surface area contributed by atoms with E-state index in [-0.39, 0.29) is 62.4 Å². The summed E-state index contributed by atoms with van der Waals surface area (Å²) in [5.41, 5.74) is 5.12. The molecule has 236 valence electrons. The van der Waals surface area contributed by atoms with Crippen molar-refractivity contribution in [3.05, 3.63) is 182 Å². The van der Waals surface area contributed by atoms with Crippen LogP contribution in [-0.2, 0) is 0 Å². The summed E-state index contributed by atoms with van der Waals surface area (Å²) in [6.07, 6.45) is 0. The summed E-state index contributed by atoms with van der Waals surface area (Å²) in [5, 5.41) is 8.71. The molecule has 51 heavy (non-hydrogen) atoms. The Labute approximate surface area is 307 Å². The highest BCUT2D eigenvalue weighted by Crippen LogP contribution is 2.46. The van der Waals surface area contributed by atoms with Gasteiger partial charge in [-0.2, -0.15) is 0 Å². The minimum absolute atomic E-state index is 0.0608. The zero-order valence-electron chi connectivity index (χ0n) is 36.0. The summed E-state index contributed by atoms with van der Waals surface area (Å²) in [6.45, 7) is 0. The highest BCUT2D eigenvalue weighted by Gasteiger charge is 2.19. The Morgan fingerprint density at radius 1 is 0.373 bits per heavy atom. The molecule has 0 aliphatic carbocycles. The molecule has 0 amide bonds. The summed E-state index contributed by atoms with van der Waals surface area (Å²) in [6, 6.07) is 40.3. The lowest BCUT2D eigenvalue weighted by atomic mass is 9.84. The lowest BCUT2D eigenvalue weighted by Crippen LogP contribution is -1.91. The standard InChI is InChI=1S/C50H30O/c1-3-14-37-31(11-1)13-9-21-40(37)48-43-18-7-5-16-41(43)47(42-17-6-8-19-44(42)48)36-26-24-33-29-35(25-23-34(33)30-36)38-20-10-22-46-49(38)45-28-27-32-12-2-4-15-39(32)50(45)51-46/h1-30H/i2D,4D,10D,12D,15D,20D,22D,27D,28D. The van der Waals surface area contributed by atoms with E-state index in [0.717, 1.165) is 43.4 Å². The van der Waals surface area contributed by atoms with Crippen molar-refractivity contribution in [2.45, 2.75) is 0 Å². The Morgan fingerprint density at radius 2 is 1.02 bits per heavy atom. The minimum atomic E-state index is -0.529. The van der Waals surface area contributed by atoms with E-state index in [1.54, 1.807) is 0 Å². The smallest absolute Gasteiger partial charge is 0.143 e. The Morgan fingerprint density at radius 3 is 1.80 bits per heavy atom. The molecule has 1 heterocycles. The lowest BCUT2D eigenvalue weighted by Gasteiger charge is -2.19. The predicted octanol–water partition coefficient (Wildman–Crippen LogP) is 14.4. The molecule has 0 saturated heterocycles. The van der Waals surface area contributed by atoms with Crippen LogP contribution in [-0.4, -0.2) is 0 Å². The average Bonchev–Trinajstić information content (AvgIpc) is 3.67. The second-order valence-electron chi connectivity index (χ2n) is 12.9. The average molecular weight is 656 g/mol. The number of hydrogen-bond acceptors (Lipinski definition) is 1. The van der Waals surface area contributed by atoms with Gasteiger partial charge in [0.25, 0.3) is 0 Å². The normalized spacial score (nSPS) is 14.4. The van der Waals surface area contributed by atoms with Gasteiger partial charge >= 0.3 is 0 Å². The van der Waals surface area contributed by atoms with Crippen LogP contribution in [0.5, 0.6) is 0 Å². The summed E-state index contributed by atoms with van der Waals surface area (Å²) in [7, 11) is 0. The molecule has 11 aromatic rings. The lowest BCUT2D eigenvalue weighted by molar-refractivity contribution is 0.673. The molecule has 0 radical (unpaired) electrons. The highest BCUT2D eigenvalue weighted by molar-refractivity contribution is 6.24. The number of benzene rings is 10. The van der Waals surface area contributed by atoms with Gasteiger partial charge in [-0.1, -0.05) is 158 Å². The predicted molar refractivity (Wildman–Crippen MR) is 218 cm³/mol. The highest BCUT2D eigenvalue weighted by atomic mass is 16.3. The molecular formula is C50H30O. The van der Waals surface area contributed by atoms with Gasteiger partial charge in [-0.3, -0.25) is 0 Å². The molecule has 1 nitrogen and oxygen atoms in total. The Hall–Kier alpha value is -6.70. The third-order valence-electron chi connectivity index (χ3n) is 10.2. The molecule has 0 bridgehead atoms. The second kappa shape index (κ2) is 10.9. The van der Waals surface area contributed by atoms with Crippen molar-refractivity contribution in [1.82, 2.24) is 0 Å². The summed E-state index contributed by atoms with van der Waals surface area (Å²) < 4.78 is 84.7. The van der Waals surface area contributed by atoms with Crippen LogP contribution in [0.25, 0.3) is 109 Å². The maximum absolute atomic E-state index is 9.15. The maximum Gasteiger partial charge on any atom is 0.143 e. The monoisotopic (exact) mass is 655 g/mol. The Balaban J connectivity index is 1.14. The molecule has 1 aromatic heterocycles. The molecular weight excluding hydrogens is 617 g/mol. The molecule has 0 fully saturated rings. The van der Waals surface area contributed by atoms with Crippen molar-refractivity contribution >= 4 is 75.8 Å². The number of rotatable bonds is 3. The van der Waals surface area contributed by atoms with E-state index in [0.29, 0.717) is 5.56 Å². The van der Waals surface area contributed by atoms with Gasteiger partial charge in [0.1, 0.15) is 11.2 Å². The van der Waals surface area contributed by atoms with Crippen LogP contribution in [0.4, 0.5) is 0 Å². The molecule has 0 unspecified atom stereocenters. The molecule has 0 saturated carbocycles. The SMILES string of the molecule is [2H]c1c([2H])c(-c2ccc3cc(-c4c5ccccc5c(-c5cccc6ccccc56)c5ccccc45)ccc3c2)c2c(oc3c4c([2H])c([2H])c([2H])c([2H])c4c([2H])c([2H])c32)c1[2H]. The van der Waals surface area contributed by atoms with Crippen LogP contribution < -0.4 is 0 Å². The van der Waals surface area contributed by atoms with Gasteiger partial charge in [-0.15, -0.1) is 0 Å². The van der Waals surface area contributed by atoms with Crippen LogP contribution in [0.3, 0.4) is 0 Å². The van der Waals surface area contributed by atoms with Crippen molar-refractivity contribution < 1.29 is 16.8 Å². The first-order valence-corrected chi connectivity index (χ1v) is 16.9. The van der Waals surface area contributed by atoms with E-state index in [9.17, 15) is 0 Å². The zero-order valence-corrected chi connectivity index (χ0v) is 27.0. The van der Waals surface area contributed by atoms with E-state index in [2.05, 4.69) is 103 Å². The first-order chi connectivity index (χ1) is 29.0. The summed E-state index contributed by atoms with van der Waals surface area (Å²) in [4.78, 5) is 0. The Bertz CT molecular complexity index is 3660. The van der Waals surface area contributed by atoms with Gasteiger partial charge in [0.2, 0.25) is 0 Å². The quantitative estimate of drug-likeness (QED) is 0.173. The molecule has 1 heteroatoms. The van der Waals surface area contributed by atoms with E-state index >= 15 is 0 Å². The fourth-order valence-corrected chi connectivity index (χ4v) is 7.91. The van der Waals surface area contributed by atoms with Crippen molar-refractivity contribution in [3.63, 3.8) is 0 Å². The van der Waals surface area contributed by atoms with Crippen LogP contribution in [0, 0.1) is 0 Å². The van der Waals surface area contributed by atoms with Gasteiger partial charge < -0.3 is 4.42 Å². The minimum Gasteiger partial charge on any atom is -0.455 e. The van der Waals surface area contributed by atoms with E-state index in [1.165, 1.54) is 21.9 Å². The van der Waals surface area contributed by atoms with Crippen molar-refractivity contribution in [1.29, 1.82) is 0 Å². The fourth-order valence-electron chi connectivity index (χ4n) is 7.91. The van der Waals surface area contributed by atoms with Gasteiger partial charge in [-0.25, -0.2) is 0 Å². The number of hydrogen-bond donors (Lipinski definition) is 0. The molecule has 0 aliphatic rings. The molecule has 0 spiro atoms. The third kappa shape index (κ3) is 4.22. The van der Waals surface area contributed by atoms with Crippen LogP contribution in [0.1, 0.15) is 12.3 Å². The van der Waals surface area contributed by atoms with Crippen molar-refractivity contribution in [2.24, 2.45) is 0 Å². The van der Waals surface area contributed by atoms with Crippen LogP contribution in [0.15, 0.2) is 186 Å². The Kier molecular flexibility index (Phi) is 4.43. The van der Waals surface area contributed by atoms with Crippen molar-refractivity contribution in [3.8, 4) is 33.4 Å². The summed E-state index contributed by atoms with van der Waals surface area (Å²) in [5.74, 6) is 0. The zero-order chi connectivity index (χ0) is 41.3. The molecule has 0 aliphatic heterocycles. The molecule has 10 aromatic carbocycles. The topological polar surface area (TPSA) is 13.1 Å². The first-order valence-electron chi connectivity index (χ1n) is 21.4. The second-order valence-corrected chi connectivity index (χ2v) is 12.9. The van der Waals surface area contributed by atoms with Crippen LogP contribution >= 0.6 is 0 Å². The first kappa shape index (κ1) is 20.7. The maximum atomic E-state index is 9.15. The van der Waals surface area contributed by atoms with Crippen LogP contribution in [0.2, 0.25) is 0 Å². The number of fused-ring (bicyclic) bond motifs is 9. The van der Waals surface area contributed by atoms with Gasteiger partial charge in [0, 0.05) is 16.2 Å². The van der Waals surface area contributed by atoms with Gasteiger partial charge in [0.05, 0.1) is 12.3 Å². The van der Waals surface area contributed by atoms with E-state index in [1.807, 2.05) is 24.3 Å². The van der Waals surface area contributed by atoms with Gasteiger partial charge in [-0.05, 0) is 106 Å². The third-order valence-corrected chi connectivity index (χ3v) is 10.2. The van der Waals surface area contributed by atoms with Crippen molar-refractivity contribution in [2.75, 3.05) is 0 Å². The number of furan rings is 1. The summed E-state index contributed by atoms with van der Waals surface area (Å²) >= 11 is 0. The fraction of sp³-hybridized carbons (Fsp3) is 0. The molecule has 0 N–H and O–H groups in total. The van der Waals surface area contributed by atoms with Gasteiger partial charge in [0.15, 0.2) is 0 Å². The van der Waals surface area contributed by atoms with E-state index in [4.69, 9.17) is 16.8 Å². The largest absolute Gasteiger partial charge is 0.455 e. The molecule has 11 rings (SSSR count).